The molecule has 1 aliphatic rings. The van der Waals surface area contributed by atoms with E-state index in [1.807, 2.05) is 19.2 Å². The monoisotopic (exact) mass is 566 g/mol. The number of thiazole rings is 1. The summed E-state index contributed by atoms with van der Waals surface area (Å²) in [5.74, 6) is 0.413. The van der Waals surface area contributed by atoms with Gasteiger partial charge in [-0.25, -0.2) is 13.4 Å². The number of Topliss-reactive ketones (excluding diaryl/α,β-unsaturated/α-hetero) is 1. The minimum absolute atomic E-state index is 0.115. The first-order chi connectivity index (χ1) is 16.4. The fraction of sp³-hybridized carbons (Fsp3) is 0.292. The van der Waals surface area contributed by atoms with Crippen molar-refractivity contribution in [3.05, 3.63) is 50.5 Å². The molecule has 0 unspecified atom stereocenters. The first kappa shape index (κ1) is 24.6. The highest BCUT2D eigenvalue weighted by Gasteiger charge is 2.39. The number of hydrogen-bond donors (Lipinski definition) is 0. The lowest BCUT2D eigenvalue weighted by atomic mass is 9.74. The quantitative estimate of drug-likeness (QED) is 0.256. The number of rotatable bonds is 4. The van der Waals surface area contributed by atoms with Gasteiger partial charge in [0.05, 0.1) is 31.7 Å². The molecule has 0 N–H and O–H groups in total. The summed E-state index contributed by atoms with van der Waals surface area (Å²) in [6.45, 7) is 5.82. The molecule has 0 atom stereocenters. The highest BCUT2D eigenvalue weighted by atomic mass is 35.5. The Bertz CT molecular complexity index is 1590. The average Bonchev–Trinajstić information content (AvgIpc) is 3.43. The first-order valence-electron chi connectivity index (χ1n) is 10.6. The van der Waals surface area contributed by atoms with Crippen molar-refractivity contribution in [1.82, 2.24) is 10.1 Å². The molecule has 0 saturated carbocycles. The third kappa shape index (κ3) is 4.27. The van der Waals surface area contributed by atoms with Crippen LogP contribution in [0.3, 0.4) is 0 Å². The van der Waals surface area contributed by atoms with E-state index in [1.165, 1.54) is 11.3 Å². The van der Waals surface area contributed by atoms with Crippen LogP contribution in [0, 0.1) is 12.3 Å². The van der Waals surface area contributed by atoms with Crippen LogP contribution < -0.4 is 0 Å². The molecule has 3 aromatic heterocycles. The number of halogens is 2. The Hall–Kier alpha value is -2.04. The van der Waals surface area contributed by atoms with E-state index in [2.05, 4.69) is 5.16 Å². The first-order valence-corrected chi connectivity index (χ1v) is 15.0. The van der Waals surface area contributed by atoms with Gasteiger partial charge in [-0.1, -0.05) is 48.3 Å². The predicted molar refractivity (Wildman–Crippen MR) is 141 cm³/mol. The molecule has 0 aliphatic heterocycles. The average molecular weight is 568 g/mol. The molecule has 0 bridgehead atoms. The molecule has 4 aromatic rings. The van der Waals surface area contributed by atoms with Gasteiger partial charge < -0.3 is 4.52 Å². The van der Waals surface area contributed by atoms with Crippen LogP contribution in [0.5, 0.6) is 0 Å². The van der Waals surface area contributed by atoms with Crippen molar-refractivity contribution in [1.29, 1.82) is 0 Å². The number of ketones is 1. The molecule has 0 radical (unpaired) electrons. The number of nitrogens with zero attached hydrogens (tertiary/aromatic N) is 2. The second-order valence-corrected chi connectivity index (χ2v) is 14.3. The Labute approximate surface area is 220 Å². The van der Waals surface area contributed by atoms with Gasteiger partial charge in [0.15, 0.2) is 15.6 Å². The number of sulfone groups is 1. The maximum atomic E-state index is 13.0. The third-order valence-corrected chi connectivity index (χ3v) is 10.6. The van der Waals surface area contributed by atoms with Gasteiger partial charge in [0.25, 0.3) is 0 Å². The Morgan fingerprint density at radius 1 is 1.09 bits per heavy atom. The zero-order chi connectivity index (χ0) is 25.3. The molecule has 182 valence electrons. The summed E-state index contributed by atoms with van der Waals surface area (Å²) < 4.78 is 30.7. The highest BCUT2D eigenvalue weighted by molar-refractivity contribution is 7.93. The van der Waals surface area contributed by atoms with Crippen molar-refractivity contribution in [2.24, 2.45) is 5.41 Å². The number of aryl methyl sites for hydroxylation is 1. The molecule has 1 aromatic carbocycles. The van der Waals surface area contributed by atoms with E-state index in [0.717, 1.165) is 23.2 Å². The second-order valence-electron chi connectivity index (χ2n) is 9.38. The molecular formula is C24H20Cl2N2O4S3. The van der Waals surface area contributed by atoms with E-state index in [9.17, 15) is 13.2 Å². The minimum atomic E-state index is -3.58. The van der Waals surface area contributed by atoms with E-state index in [4.69, 9.17) is 32.7 Å². The number of aromatic nitrogens is 2. The fourth-order valence-electron chi connectivity index (χ4n) is 4.45. The molecule has 6 nitrogen and oxygen atoms in total. The maximum Gasteiger partial charge on any atom is 0.185 e. The number of thiophene rings is 1. The standard InChI is InChI=1S/C24H20Cl2N2O4S3/c1-11-17(20(28-32-11)19-13(25)6-5-7-14(19)26)15-10-33-22(27-15)21-12-8-24(2,3)9-16(29)18(12)23(34-21)35(4,30)31/h5-7,10H,8-9H2,1-4H3. The van der Waals surface area contributed by atoms with E-state index < -0.39 is 9.84 Å². The summed E-state index contributed by atoms with van der Waals surface area (Å²) in [7, 11) is -3.58. The van der Waals surface area contributed by atoms with Crippen LogP contribution in [-0.4, -0.2) is 30.6 Å². The highest BCUT2D eigenvalue weighted by Crippen LogP contribution is 2.49. The summed E-state index contributed by atoms with van der Waals surface area (Å²) in [5, 5.41) is 7.58. The third-order valence-electron chi connectivity index (χ3n) is 5.90. The van der Waals surface area contributed by atoms with Crippen LogP contribution in [-0.2, 0) is 16.3 Å². The lowest BCUT2D eigenvalue weighted by Crippen LogP contribution is -2.27. The van der Waals surface area contributed by atoms with E-state index >= 15 is 0 Å². The van der Waals surface area contributed by atoms with Gasteiger partial charge in [-0.15, -0.1) is 22.7 Å². The van der Waals surface area contributed by atoms with Crippen molar-refractivity contribution in [3.8, 4) is 32.4 Å². The Morgan fingerprint density at radius 3 is 2.43 bits per heavy atom. The summed E-state index contributed by atoms with van der Waals surface area (Å²) in [6, 6.07) is 5.21. The minimum Gasteiger partial charge on any atom is -0.360 e. The van der Waals surface area contributed by atoms with Gasteiger partial charge in [-0.2, -0.15) is 0 Å². The number of benzene rings is 1. The summed E-state index contributed by atoms with van der Waals surface area (Å²) in [5.41, 5.74) is 3.12. The molecule has 5 rings (SSSR count). The maximum absolute atomic E-state index is 13.0. The molecule has 0 spiro atoms. The molecule has 11 heteroatoms. The van der Waals surface area contributed by atoms with Gasteiger partial charge >= 0.3 is 0 Å². The fourth-order valence-corrected chi connectivity index (χ4v) is 8.49. The zero-order valence-corrected chi connectivity index (χ0v) is 23.2. The predicted octanol–water partition coefficient (Wildman–Crippen LogP) is 7.37. The van der Waals surface area contributed by atoms with Gasteiger partial charge in [-0.3, -0.25) is 4.79 Å². The van der Waals surface area contributed by atoms with E-state index in [0.29, 0.717) is 66.6 Å². The van der Waals surface area contributed by atoms with Crippen LogP contribution in [0.25, 0.3) is 32.4 Å². The Balaban J connectivity index is 1.68. The lowest BCUT2D eigenvalue weighted by molar-refractivity contribution is 0.0910. The number of carbonyl (C=O) groups excluding carboxylic acids is 1. The molecule has 35 heavy (non-hydrogen) atoms. The lowest BCUT2D eigenvalue weighted by Gasteiger charge is -2.29. The largest absolute Gasteiger partial charge is 0.360 e. The van der Waals surface area contributed by atoms with Gasteiger partial charge in [-0.05, 0) is 36.5 Å². The van der Waals surface area contributed by atoms with E-state index in [-0.39, 0.29) is 15.4 Å². The summed E-state index contributed by atoms with van der Waals surface area (Å²) in [4.78, 5) is 18.5. The van der Waals surface area contributed by atoms with Gasteiger partial charge in [0, 0.05) is 23.6 Å². The number of fused-ring (bicyclic) bond motifs is 1. The number of hydrogen-bond acceptors (Lipinski definition) is 8. The van der Waals surface area contributed by atoms with Crippen molar-refractivity contribution >= 4 is 61.5 Å². The van der Waals surface area contributed by atoms with Crippen LogP contribution in [0.4, 0.5) is 0 Å². The number of carbonyl (C=O) groups is 1. The van der Waals surface area contributed by atoms with Crippen LogP contribution in [0.1, 0.15) is 41.9 Å². The van der Waals surface area contributed by atoms with Gasteiger partial charge in [0.1, 0.15) is 20.7 Å². The van der Waals surface area contributed by atoms with Gasteiger partial charge in [0.2, 0.25) is 0 Å². The van der Waals surface area contributed by atoms with Crippen molar-refractivity contribution in [3.63, 3.8) is 0 Å². The summed E-state index contributed by atoms with van der Waals surface area (Å²) >= 11 is 15.4. The van der Waals surface area contributed by atoms with Crippen LogP contribution in [0.2, 0.25) is 10.0 Å². The molecule has 0 amide bonds. The molecule has 0 fully saturated rings. The summed E-state index contributed by atoms with van der Waals surface area (Å²) in [6.07, 6.45) is 2.05. The smallest absolute Gasteiger partial charge is 0.185 e. The topological polar surface area (TPSA) is 90.1 Å². The Morgan fingerprint density at radius 2 is 1.77 bits per heavy atom. The molecule has 3 heterocycles. The molecule has 1 aliphatic carbocycles. The van der Waals surface area contributed by atoms with Crippen molar-refractivity contribution in [2.45, 2.75) is 37.8 Å². The van der Waals surface area contributed by atoms with Crippen molar-refractivity contribution < 1.29 is 17.7 Å². The second kappa shape index (κ2) is 8.52. The SMILES string of the molecule is Cc1onc(-c2c(Cl)cccc2Cl)c1-c1csc(-c2sc(S(C)(=O)=O)c3c2CC(C)(C)CC3=O)n1. The van der Waals surface area contributed by atoms with E-state index in [1.54, 1.807) is 25.1 Å². The Kier molecular flexibility index (Phi) is 6.00. The zero-order valence-electron chi connectivity index (χ0n) is 19.2. The molecular weight excluding hydrogens is 547 g/mol. The van der Waals surface area contributed by atoms with Crippen molar-refractivity contribution in [2.75, 3.05) is 6.26 Å². The van der Waals surface area contributed by atoms with Crippen LogP contribution in [0.15, 0.2) is 32.3 Å². The molecule has 0 saturated heterocycles. The normalized spacial score (nSPS) is 15.4. The van der Waals surface area contributed by atoms with Crippen LogP contribution >= 0.6 is 45.9 Å².